The molecule has 0 aromatic heterocycles. The number of rotatable bonds is 4. The topological polar surface area (TPSA) is 23.5 Å². The summed E-state index contributed by atoms with van der Waals surface area (Å²) in [5, 5.41) is 11.7. The highest BCUT2D eigenvalue weighted by Gasteiger charge is 2.35. The highest BCUT2D eigenvalue weighted by molar-refractivity contribution is 6.33. The van der Waals surface area contributed by atoms with Crippen molar-refractivity contribution in [3.8, 4) is 0 Å². The largest absolute Gasteiger partial charge is 0.386 e. The molecule has 1 rings (SSSR count). The van der Waals surface area contributed by atoms with E-state index in [4.69, 9.17) is 23.2 Å². The van der Waals surface area contributed by atoms with E-state index in [2.05, 4.69) is 0 Å². The van der Waals surface area contributed by atoms with Crippen LogP contribution < -0.4 is 0 Å². The molecule has 2 nitrogen and oxygen atoms in total. The summed E-state index contributed by atoms with van der Waals surface area (Å²) in [6.07, 6.45) is 0.137. The summed E-state index contributed by atoms with van der Waals surface area (Å²) in [7, 11) is 3.90. The molecule has 17 heavy (non-hydrogen) atoms. The predicted molar refractivity (Wildman–Crippen MR) is 73.8 cm³/mol. The molecular weight excluding hydrogens is 257 g/mol. The minimum atomic E-state index is -0.673. The molecule has 0 radical (unpaired) electrons. The molecule has 0 heterocycles. The van der Waals surface area contributed by atoms with Gasteiger partial charge < -0.3 is 10.0 Å². The summed E-state index contributed by atoms with van der Waals surface area (Å²) in [6.45, 7) is 4.05. The lowest BCUT2D eigenvalue weighted by Crippen LogP contribution is -2.46. The Bertz CT molecular complexity index is 395. The number of nitrogens with zero attached hydrogens (tertiary/aromatic N) is 1. The minimum absolute atomic E-state index is 0.367. The van der Waals surface area contributed by atoms with E-state index < -0.39 is 6.10 Å². The normalized spacial score (nSPS) is 16.9. The maximum Gasteiger partial charge on any atom is 0.0985 e. The molecule has 0 aliphatic carbocycles. The zero-order valence-electron chi connectivity index (χ0n) is 10.7. The van der Waals surface area contributed by atoms with Crippen LogP contribution in [0, 0.1) is 0 Å². The summed E-state index contributed by atoms with van der Waals surface area (Å²) in [5.74, 6) is 0. The number of likely N-dealkylation sites (N-methyl/N-ethyl adjacent to an activating group) is 1. The van der Waals surface area contributed by atoms with E-state index in [1.165, 1.54) is 0 Å². The Kier molecular flexibility index (Phi) is 4.85. The molecule has 0 aliphatic heterocycles. The number of aliphatic hydroxyl groups is 1. The van der Waals surface area contributed by atoms with E-state index in [1.54, 1.807) is 18.2 Å². The van der Waals surface area contributed by atoms with Gasteiger partial charge in [0, 0.05) is 21.1 Å². The van der Waals surface area contributed by atoms with Crippen LogP contribution in [-0.2, 0) is 0 Å². The Morgan fingerprint density at radius 1 is 1.35 bits per heavy atom. The molecule has 0 saturated carbocycles. The van der Waals surface area contributed by atoms with Crippen molar-refractivity contribution in [3.05, 3.63) is 33.8 Å². The van der Waals surface area contributed by atoms with Crippen molar-refractivity contribution in [1.29, 1.82) is 0 Å². The van der Waals surface area contributed by atoms with Crippen LogP contribution in [0.25, 0.3) is 0 Å². The van der Waals surface area contributed by atoms with Gasteiger partial charge in [0.1, 0.15) is 0 Å². The summed E-state index contributed by atoms with van der Waals surface area (Å²) in [5.41, 5.74) is 0.311. The van der Waals surface area contributed by atoms with Crippen LogP contribution in [0.1, 0.15) is 31.9 Å². The molecule has 96 valence electrons. The third-order valence-corrected chi connectivity index (χ3v) is 4.16. The van der Waals surface area contributed by atoms with Crippen LogP contribution in [0.4, 0.5) is 0 Å². The molecular formula is C13H19Cl2NO. The molecule has 1 aromatic rings. The summed E-state index contributed by atoms with van der Waals surface area (Å²) < 4.78 is 0. The van der Waals surface area contributed by atoms with Crippen LogP contribution >= 0.6 is 23.2 Å². The van der Waals surface area contributed by atoms with Crippen LogP contribution in [0.3, 0.4) is 0 Å². The number of hydrogen-bond donors (Lipinski definition) is 1. The predicted octanol–water partition coefficient (Wildman–Crippen LogP) is 3.76. The fourth-order valence-corrected chi connectivity index (χ4v) is 2.21. The molecule has 0 fully saturated rings. The maximum absolute atomic E-state index is 10.5. The van der Waals surface area contributed by atoms with Gasteiger partial charge in [-0.15, -0.1) is 0 Å². The van der Waals surface area contributed by atoms with Crippen molar-refractivity contribution in [2.24, 2.45) is 0 Å². The van der Waals surface area contributed by atoms with E-state index in [9.17, 15) is 5.11 Å². The van der Waals surface area contributed by atoms with Crippen LogP contribution in [-0.4, -0.2) is 29.6 Å². The van der Waals surface area contributed by atoms with Gasteiger partial charge in [-0.2, -0.15) is 0 Å². The number of aliphatic hydroxyl groups excluding tert-OH is 1. The van der Waals surface area contributed by atoms with Gasteiger partial charge in [-0.3, -0.25) is 0 Å². The van der Waals surface area contributed by atoms with Gasteiger partial charge in [-0.05, 0) is 45.6 Å². The molecule has 1 N–H and O–H groups in total. The van der Waals surface area contributed by atoms with Crippen LogP contribution in [0.15, 0.2) is 18.2 Å². The minimum Gasteiger partial charge on any atom is -0.386 e. The molecule has 0 saturated heterocycles. The Labute approximate surface area is 113 Å². The highest BCUT2D eigenvalue weighted by Crippen LogP contribution is 2.36. The molecule has 0 bridgehead atoms. The molecule has 1 aromatic carbocycles. The molecule has 2 atom stereocenters. The van der Waals surface area contributed by atoms with Crippen molar-refractivity contribution in [3.63, 3.8) is 0 Å². The Hall–Kier alpha value is -0.280. The summed E-state index contributed by atoms with van der Waals surface area (Å²) in [6, 6.07) is 5.17. The first kappa shape index (κ1) is 14.8. The molecule has 0 spiro atoms. The van der Waals surface area contributed by atoms with E-state index in [-0.39, 0.29) is 5.54 Å². The van der Waals surface area contributed by atoms with Gasteiger partial charge >= 0.3 is 0 Å². The smallest absolute Gasteiger partial charge is 0.0985 e. The fourth-order valence-electron chi connectivity index (χ4n) is 1.81. The van der Waals surface area contributed by atoms with Gasteiger partial charge in [0.05, 0.1) is 6.10 Å². The number of benzene rings is 1. The van der Waals surface area contributed by atoms with Crippen molar-refractivity contribution in [2.45, 2.75) is 31.9 Å². The van der Waals surface area contributed by atoms with Gasteiger partial charge in [0.2, 0.25) is 0 Å². The van der Waals surface area contributed by atoms with E-state index in [0.29, 0.717) is 15.6 Å². The number of hydrogen-bond acceptors (Lipinski definition) is 2. The van der Waals surface area contributed by atoms with E-state index >= 15 is 0 Å². The van der Waals surface area contributed by atoms with Crippen molar-refractivity contribution in [1.82, 2.24) is 4.90 Å². The monoisotopic (exact) mass is 275 g/mol. The fraction of sp³-hybridized carbons (Fsp3) is 0.538. The van der Waals surface area contributed by atoms with Crippen LogP contribution in [0.5, 0.6) is 0 Å². The zero-order valence-corrected chi connectivity index (χ0v) is 12.2. The van der Waals surface area contributed by atoms with Gasteiger partial charge in [-0.1, -0.05) is 30.1 Å². The summed E-state index contributed by atoms with van der Waals surface area (Å²) in [4.78, 5) is 2.01. The molecule has 0 aliphatic rings. The lowest BCUT2D eigenvalue weighted by molar-refractivity contribution is 0.000934. The zero-order chi connectivity index (χ0) is 13.2. The first-order chi connectivity index (χ1) is 7.82. The lowest BCUT2D eigenvalue weighted by atomic mass is 9.86. The standard InChI is InChI=1S/C13H19Cl2NO/c1-5-13(2,16(3)4)12(17)10-8-9(14)6-7-11(10)15/h6-8,12,17H,5H2,1-4H3. The van der Waals surface area contributed by atoms with Crippen molar-refractivity contribution in [2.75, 3.05) is 14.1 Å². The van der Waals surface area contributed by atoms with E-state index in [1.807, 2.05) is 32.8 Å². The van der Waals surface area contributed by atoms with Crippen molar-refractivity contribution >= 4 is 23.2 Å². The van der Waals surface area contributed by atoms with Gasteiger partial charge in [0.25, 0.3) is 0 Å². The van der Waals surface area contributed by atoms with Gasteiger partial charge in [-0.25, -0.2) is 0 Å². The second kappa shape index (κ2) is 5.57. The second-order valence-electron chi connectivity index (χ2n) is 4.67. The average Bonchev–Trinajstić information content (AvgIpc) is 2.30. The van der Waals surface area contributed by atoms with Crippen LogP contribution in [0.2, 0.25) is 10.0 Å². The number of halogens is 2. The quantitative estimate of drug-likeness (QED) is 0.905. The van der Waals surface area contributed by atoms with Crippen molar-refractivity contribution < 1.29 is 5.11 Å². The Morgan fingerprint density at radius 2 is 1.94 bits per heavy atom. The second-order valence-corrected chi connectivity index (χ2v) is 5.52. The molecule has 4 heteroatoms. The third kappa shape index (κ3) is 2.94. The summed E-state index contributed by atoms with van der Waals surface area (Å²) >= 11 is 12.1. The highest BCUT2D eigenvalue weighted by atomic mass is 35.5. The first-order valence-corrected chi connectivity index (χ1v) is 6.39. The SMILES string of the molecule is CCC(C)(C(O)c1cc(Cl)ccc1Cl)N(C)C. The molecule has 0 amide bonds. The Morgan fingerprint density at radius 3 is 2.41 bits per heavy atom. The Balaban J connectivity index is 3.18. The lowest BCUT2D eigenvalue weighted by Gasteiger charge is -2.40. The maximum atomic E-state index is 10.5. The van der Waals surface area contributed by atoms with E-state index in [0.717, 1.165) is 6.42 Å². The first-order valence-electron chi connectivity index (χ1n) is 5.63. The van der Waals surface area contributed by atoms with Gasteiger partial charge in [0.15, 0.2) is 0 Å². The average molecular weight is 276 g/mol. The third-order valence-electron chi connectivity index (χ3n) is 3.58. The molecule has 2 unspecified atom stereocenters.